The Bertz CT molecular complexity index is 542. The number of nitrogens with zero attached hydrogens (tertiary/aromatic N) is 1. The number of guanidine groups is 1. The van der Waals surface area contributed by atoms with Crippen molar-refractivity contribution in [3.05, 3.63) is 29.8 Å². The minimum Gasteiger partial charge on any atom is -0.496 e. The van der Waals surface area contributed by atoms with Crippen LogP contribution in [-0.4, -0.2) is 37.6 Å². The van der Waals surface area contributed by atoms with Gasteiger partial charge in [0, 0.05) is 17.6 Å². The summed E-state index contributed by atoms with van der Waals surface area (Å²) >= 11 is 0. The zero-order valence-corrected chi connectivity index (χ0v) is 17.4. The predicted molar refractivity (Wildman–Crippen MR) is 109 cm³/mol. The number of carbonyl (C=O) groups excluding carboxylic acids is 1. The quantitative estimate of drug-likeness (QED) is 0.355. The molecule has 0 bridgehead atoms. The van der Waals surface area contributed by atoms with Crippen LogP contribution in [0.1, 0.15) is 33.3 Å². The van der Waals surface area contributed by atoms with Gasteiger partial charge in [0.25, 0.3) is 0 Å². The van der Waals surface area contributed by atoms with E-state index in [0.29, 0.717) is 12.5 Å². The Morgan fingerprint density at radius 3 is 2.46 bits per heavy atom. The molecule has 0 radical (unpaired) electrons. The highest BCUT2D eigenvalue weighted by Crippen LogP contribution is 2.17. The van der Waals surface area contributed by atoms with Crippen LogP contribution in [0.3, 0.4) is 0 Å². The number of methoxy groups -OCH3 is 1. The first-order chi connectivity index (χ1) is 10.9. The van der Waals surface area contributed by atoms with E-state index in [1.807, 2.05) is 52.0 Å². The van der Waals surface area contributed by atoms with Crippen molar-refractivity contribution < 1.29 is 9.53 Å². The molecule has 1 aromatic carbocycles. The predicted octanol–water partition coefficient (Wildman–Crippen LogP) is 2.28. The lowest BCUT2D eigenvalue weighted by atomic mass is 10.1. The van der Waals surface area contributed by atoms with Gasteiger partial charge >= 0.3 is 0 Å². The first kappa shape index (κ1) is 22.5. The second-order valence-electron chi connectivity index (χ2n) is 6.16. The molecular formula is C17H29IN4O2. The number of aliphatic imine (C=N–C) groups is 1. The average Bonchev–Trinajstić information content (AvgIpc) is 2.48. The van der Waals surface area contributed by atoms with Gasteiger partial charge in [-0.15, -0.1) is 24.0 Å². The monoisotopic (exact) mass is 448 g/mol. The molecule has 0 aromatic heterocycles. The van der Waals surface area contributed by atoms with Crippen LogP contribution in [0.4, 0.5) is 0 Å². The van der Waals surface area contributed by atoms with Crippen molar-refractivity contribution in [2.24, 2.45) is 4.99 Å². The number of nitrogens with one attached hydrogen (secondary N) is 3. The molecule has 136 valence electrons. The van der Waals surface area contributed by atoms with Crippen LogP contribution in [0.5, 0.6) is 5.75 Å². The van der Waals surface area contributed by atoms with Crippen LogP contribution in [0.2, 0.25) is 0 Å². The molecule has 1 rings (SSSR count). The molecular weight excluding hydrogens is 419 g/mol. The average molecular weight is 448 g/mol. The fraction of sp³-hybridized carbons (Fsp3) is 0.529. The zero-order valence-electron chi connectivity index (χ0n) is 15.1. The topological polar surface area (TPSA) is 74.8 Å². The van der Waals surface area contributed by atoms with E-state index < -0.39 is 0 Å². The van der Waals surface area contributed by atoms with E-state index in [2.05, 4.69) is 20.9 Å². The van der Waals surface area contributed by atoms with E-state index in [0.717, 1.165) is 17.9 Å². The number of hydrogen-bond donors (Lipinski definition) is 3. The van der Waals surface area contributed by atoms with Crippen LogP contribution >= 0.6 is 24.0 Å². The Morgan fingerprint density at radius 1 is 1.21 bits per heavy atom. The number of rotatable bonds is 6. The van der Waals surface area contributed by atoms with Crippen molar-refractivity contribution in [2.45, 2.75) is 39.8 Å². The summed E-state index contributed by atoms with van der Waals surface area (Å²) in [4.78, 5) is 16.4. The van der Waals surface area contributed by atoms with Crippen LogP contribution in [0, 0.1) is 0 Å². The number of hydrogen-bond acceptors (Lipinski definition) is 3. The minimum atomic E-state index is -0.244. The van der Waals surface area contributed by atoms with E-state index in [1.54, 1.807) is 7.11 Å². The number of carbonyl (C=O) groups is 1. The van der Waals surface area contributed by atoms with Gasteiger partial charge < -0.3 is 20.7 Å². The summed E-state index contributed by atoms with van der Waals surface area (Å²) in [6, 6.07) is 7.75. The molecule has 7 heteroatoms. The van der Waals surface area contributed by atoms with Gasteiger partial charge in [-0.3, -0.25) is 4.79 Å². The summed E-state index contributed by atoms with van der Waals surface area (Å²) in [6.07, 6.45) is 0. The molecule has 0 atom stereocenters. The van der Waals surface area contributed by atoms with Gasteiger partial charge in [-0.05, 0) is 33.8 Å². The second kappa shape index (κ2) is 11.1. The highest BCUT2D eigenvalue weighted by Gasteiger charge is 2.13. The standard InChI is InChI=1S/C17H28N4O2.HI/c1-6-18-16(20-12-15(22)21-17(2,3)4)19-11-13-9-7-8-10-14(13)23-5;/h7-10H,6,11-12H2,1-5H3,(H,21,22)(H2,18,19,20);1H. The van der Waals surface area contributed by atoms with Gasteiger partial charge in [0.15, 0.2) is 5.96 Å². The summed E-state index contributed by atoms with van der Waals surface area (Å²) in [5, 5.41) is 9.07. The molecule has 0 aliphatic heterocycles. The maximum Gasteiger partial charge on any atom is 0.239 e. The summed E-state index contributed by atoms with van der Waals surface area (Å²) in [7, 11) is 1.64. The lowest BCUT2D eigenvalue weighted by molar-refractivity contribution is -0.121. The van der Waals surface area contributed by atoms with Crippen LogP contribution < -0.4 is 20.7 Å². The Morgan fingerprint density at radius 2 is 1.88 bits per heavy atom. The van der Waals surface area contributed by atoms with E-state index in [9.17, 15) is 4.79 Å². The lowest BCUT2D eigenvalue weighted by Crippen LogP contribution is -2.48. The summed E-state index contributed by atoms with van der Waals surface area (Å²) in [6.45, 7) is 9.20. The maximum atomic E-state index is 11.9. The molecule has 0 aliphatic carbocycles. The van der Waals surface area contributed by atoms with E-state index in [1.165, 1.54) is 0 Å². The van der Waals surface area contributed by atoms with E-state index in [-0.39, 0.29) is 42.0 Å². The Balaban J connectivity index is 0.00000529. The maximum absolute atomic E-state index is 11.9. The lowest BCUT2D eigenvalue weighted by Gasteiger charge is -2.21. The van der Waals surface area contributed by atoms with Crippen molar-refractivity contribution in [3.63, 3.8) is 0 Å². The van der Waals surface area contributed by atoms with Gasteiger partial charge in [0.05, 0.1) is 20.2 Å². The molecule has 24 heavy (non-hydrogen) atoms. The van der Waals surface area contributed by atoms with Crippen LogP contribution in [0.25, 0.3) is 0 Å². The number of ether oxygens (including phenoxy) is 1. The normalized spacial score (nSPS) is 11.3. The van der Waals surface area contributed by atoms with Crippen molar-refractivity contribution >= 4 is 35.8 Å². The van der Waals surface area contributed by atoms with Crippen molar-refractivity contribution in [2.75, 3.05) is 20.2 Å². The van der Waals surface area contributed by atoms with Gasteiger partial charge in [-0.1, -0.05) is 18.2 Å². The molecule has 1 aromatic rings. The molecule has 0 saturated heterocycles. The Kier molecular flexibility index (Phi) is 10.4. The van der Waals surface area contributed by atoms with Gasteiger partial charge in [-0.2, -0.15) is 0 Å². The largest absolute Gasteiger partial charge is 0.496 e. The molecule has 1 amide bonds. The Hall–Kier alpha value is -1.51. The van der Waals surface area contributed by atoms with Crippen LogP contribution in [-0.2, 0) is 11.3 Å². The van der Waals surface area contributed by atoms with Crippen molar-refractivity contribution in [1.29, 1.82) is 0 Å². The van der Waals surface area contributed by atoms with Crippen molar-refractivity contribution in [1.82, 2.24) is 16.0 Å². The third-order valence-electron chi connectivity index (χ3n) is 2.88. The zero-order chi connectivity index (χ0) is 17.3. The third-order valence-corrected chi connectivity index (χ3v) is 2.88. The third kappa shape index (κ3) is 8.95. The first-order valence-corrected chi connectivity index (χ1v) is 7.81. The van der Waals surface area contributed by atoms with Crippen molar-refractivity contribution in [3.8, 4) is 5.75 Å². The second-order valence-corrected chi connectivity index (χ2v) is 6.16. The van der Waals surface area contributed by atoms with E-state index in [4.69, 9.17) is 4.74 Å². The van der Waals surface area contributed by atoms with Crippen LogP contribution in [0.15, 0.2) is 29.3 Å². The summed E-state index contributed by atoms with van der Waals surface area (Å²) in [5.41, 5.74) is 0.748. The summed E-state index contributed by atoms with van der Waals surface area (Å²) < 4.78 is 5.32. The van der Waals surface area contributed by atoms with Gasteiger partial charge in [0.2, 0.25) is 5.91 Å². The Labute approximate surface area is 161 Å². The molecule has 6 nitrogen and oxygen atoms in total. The fourth-order valence-corrected chi connectivity index (χ4v) is 1.97. The molecule has 0 spiro atoms. The molecule has 0 aliphatic rings. The SMILES string of the molecule is CCNC(=NCc1ccccc1OC)NCC(=O)NC(C)(C)C.I. The number of benzene rings is 1. The number of para-hydroxylation sites is 1. The minimum absolute atomic E-state index is 0. The fourth-order valence-electron chi connectivity index (χ4n) is 1.97. The first-order valence-electron chi connectivity index (χ1n) is 7.81. The number of amides is 1. The molecule has 3 N–H and O–H groups in total. The molecule has 0 fully saturated rings. The van der Waals surface area contributed by atoms with Gasteiger partial charge in [0.1, 0.15) is 5.75 Å². The van der Waals surface area contributed by atoms with Gasteiger partial charge in [-0.25, -0.2) is 4.99 Å². The van der Waals surface area contributed by atoms with E-state index >= 15 is 0 Å². The summed E-state index contributed by atoms with van der Waals surface area (Å²) in [5.74, 6) is 1.33. The molecule has 0 saturated carbocycles. The highest BCUT2D eigenvalue weighted by molar-refractivity contribution is 14.0. The number of halogens is 1. The molecule has 0 heterocycles. The smallest absolute Gasteiger partial charge is 0.239 e. The highest BCUT2D eigenvalue weighted by atomic mass is 127. The molecule has 0 unspecified atom stereocenters.